The Morgan fingerprint density at radius 3 is 2.32 bits per heavy atom. The van der Waals surface area contributed by atoms with Crippen LogP contribution in [-0.4, -0.2) is 25.2 Å². The third kappa shape index (κ3) is 6.29. The van der Waals surface area contributed by atoms with E-state index in [1.54, 1.807) is 0 Å². The van der Waals surface area contributed by atoms with Crippen LogP contribution in [0, 0.1) is 13.8 Å². The predicted octanol–water partition coefficient (Wildman–Crippen LogP) is 4.95. The van der Waals surface area contributed by atoms with Crippen molar-refractivity contribution in [2.75, 3.05) is 13.2 Å². The maximum atomic E-state index is 12.5. The molecule has 1 amide bonds. The molecule has 2 aromatic carbocycles. The fourth-order valence-electron chi connectivity index (χ4n) is 3.15. The molecule has 0 aliphatic heterocycles. The Bertz CT molecular complexity index is 772. The molecule has 2 aromatic rings. The molecule has 0 bridgehead atoms. The van der Waals surface area contributed by atoms with Crippen molar-refractivity contribution >= 4 is 5.91 Å². The summed E-state index contributed by atoms with van der Waals surface area (Å²) in [4.78, 5) is 12.5. The number of aryl methyl sites for hydroxylation is 2. The lowest BCUT2D eigenvalue weighted by atomic mass is 9.86. The van der Waals surface area contributed by atoms with Crippen LogP contribution >= 0.6 is 0 Å². The Kier molecular flexibility index (Phi) is 7.50. The second-order valence-corrected chi connectivity index (χ2v) is 8.22. The van der Waals surface area contributed by atoms with Crippen LogP contribution in [0.4, 0.5) is 0 Å². The van der Waals surface area contributed by atoms with Gasteiger partial charge in [-0.3, -0.25) is 4.79 Å². The largest absolute Gasteiger partial charge is 0.491 e. The summed E-state index contributed by atoms with van der Waals surface area (Å²) in [6.45, 7) is 13.3. The Morgan fingerprint density at radius 1 is 1.07 bits per heavy atom. The lowest BCUT2D eigenvalue weighted by Gasteiger charge is -2.23. The quantitative estimate of drug-likeness (QED) is 0.656. The van der Waals surface area contributed by atoms with Crippen LogP contribution in [0.5, 0.6) is 11.5 Å². The highest BCUT2D eigenvalue weighted by atomic mass is 16.5. The van der Waals surface area contributed by atoms with E-state index in [1.807, 2.05) is 51.1 Å². The van der Waals surface area contributed by atoms with Gasteiger partial charge in [-0.2, -0.15) is 0 Å². The van der Waals surface area contributed by atoms with Gasteiger partial charge < -0.3 is 14.8 Å². The number of rotatable bonds is 8. The number of amides is 1. The van der Waals surface area contributed by atoms with E-state index in [1.165, 1.54) is 0 Å². The molecule has 1 N–H and O–H groups in total. The molecule has 0 saturated heterocycles. The number of benzene rings is 2. The normalized spacial score (nSPS) is 12.4. The van der Waals surface area contributed by atoms with Crippen LogP contribution < -0.4 is 14.8 Å². The van der Waals surface area contributed by atoms with Crippen LogP contribution in [0.15, 0.2) is 42.5 Å². The highest BCUT2D eigenvalue weighted by Crippen LogP contribution is 2.30. The van der Waals surface area contributed by atoms with Crippen molar-refractivity contribution < 1.29 is 14.3 Å². The van der Waals surface area contributed by atoms with Gasteiger partial charge in [0.05, 0.1) is 6.54 Å². The minimum Gasteiger partial charge on any atom is -0.491 e. The smallest absolute Gasteiger partial charge is 0.261 e. The van der Waals surface area contributed by atoms with E-state index in [0.29, 0.717) is 19.6 Å². The zero-order valence-corrected chi connectivity index (χ0v) is 18.0. The summed E-state index contributed by atoms with van der Waals surface area (Å²) in [6.07, 6.45) is 0.0927. The minimum absolute atomic E-state index is 0.00688. The van der Waals surface area contributed by atoms with E-state index in [9.17, 15) is 4.79 Å². The Balaban J connectivity index is 1.87. The third-order valence-corrected chi connectivity index (χ3v) is 4.49. The van der Waals surface area contributed by atoms with Gasteiger partial charge in [0.25, 0.3) is 5.91 Å². The van der Waals surface area contributed by atoms with Crippen molar-refractivity contribution in [3.8, 4) is 11.5 Å². The molecular weight excluding hydrogens is 350 g/mol. The van der Waals surface area contributed by atoms with E-state index in [-0.39, 0.29) is 11.3 Å². The van der Waals surface area contributed by atoms with E-state index < -0.39 is 6.10 Å². The van der Waals surface area contributed by atoms with Crippen LogP contribution in [0.3, 0.4) is 0 Å². The molecule has 0 aliphatic rings. The van der Waals surface area contributed by atoms with Crippen molar-refractivity contribution in [2.45, 2.75) is 59.5 Å². The van der Waals surface area contributed by atoms with Crippen molar-refractivity contribution in [3.05, 3.63) is 59.2 Å². The van der Waals surface area contributed by atoms with Gasteiger partial charge in [0.15, 0.2) is 6.10 Å². The molecule has 28 heavy (non-hydrogen) atoms. The van der Waals surface area contributed by atoms with Crippen LogP contribution in [0.1, 0.15) is 50.8 Å². The van der Waals surface area contributed by atoms with Gasteiger partial charge in [0.2, 0.25) is 0 Å². The molecule has 0 aromatic heterocycles. The lowest BCUT2D eigenvalue weighted by Crippen LogP contribution is -2.39. The van der Waals surface area contributed by atoms with Gasteiger partial charge in [0.1, 0.15) is 18.1 Å². The molecule has 0 heterocycles. The SMILES string of the molecule is CC[C@@H](Oc1cc(C)cc(C)c1)C(=O)NCCOc1ccccc1C(C)(C)C. The second-order valence-electron chi connectivity index (χ2n) is 8.22. The summed E-state index contributed by atoms with van der Waals surface area (Å²) in [6, 6.07) is 14.0. The molecule has 0 radical (unpaired) electrons. The first-order chi connectivity index (χ1) is 13.2. The molecule has 0 fully saturated rings. The van der Waals surface area contributed by atoms with Crippen molar-refractivity contribution in [2.24, 2.45) is 0 Å². The molecule has 1 atom stereocenters. The Morgan fingerprint density at radius 2 is 1.71 bits per heavy atom. The monoisotopic (exact) mass is 383 g/mol. The van der Waals surface area contributed by atoms with E-state index in [0.717, 1.165) is 28.2 Å². The number of ether oxygens (including phenoxy) is 2. The summed E-state index contributed by atoms with van der Waals surface area (Å²) < 4.78 is 11.8. The Hall–Kier alpha value is -2.49. The summed E-state index contributed by atoms with van der Waals surface area (Å²) in [5.74, 6) is 1.48. The van der Waals surface area contributed by atoms with Crippen molar-refractivity contribution in [1.82, 2.24) is 5.32 Å². The van der Waals surface area contributed by atoms with Gasteiger partial charge in [-0.05, 0) is 60.6 Å². The van der Waals surface area contributed by atoms with Gasteiger partial charge >= 0.3 is 0 Å². The minimum atomic E-state index is -0.511. The summed E-state index contributed by atoms with van der Waals surface area (Å²) >= 11 is 0. The lowest BCUT2D eigenvalue weighted by molar-refractivity contribution is -0.128. The summed E-state index contributed by atoms with van der Waals surface area (Å²) in [5.41, 5.74) is 3.41. The highest BCUT2D eigenvalue weighted by molar-refractivity contribution is 5.81. The average Bonchev–Trinajstić information content (AvgIpc) is 2.61. The topological polar surface area (TPSA) is 47.6 Å². The molecule has 152 valence electrons. The number of carbonyl (C=O) groups excluding carboxylic acids is 1. The Labute approximate surface area is 169 Å². The van der Waals surface area contributed by atoms with Crippen LogP contribution in [0.25, 0.3) is 0 Å². The zero-order valence-electron chi connectivity index (χ0n) is 18.0. The maximum Gasteiger partial charge on any atom is 0.261 e. The zero-order chi connectivity index (χ0) is 20.7. The molecular formula is C24H33NO3. The molecule has 0 spiro atoms. The van der Waals surface area contributed by atoms with Gasteiger partial charge in [-0.1, -0.05) is 52.0 Å². The first-order valence-corrected chi connectivity index (χ1v) is 9.95. The van der Waals surface area contributed by atoms with Crippen LogP contribution in [0.2, 0.25) is 0 Å². The van der Waals surface area contributed by atoms with Crippen molar-refractivity contribution in [1.29, 1.82) is 0 Å². The fraction of sp³-hybridized carbons (Fsp3) is 0.458. The summed E-state index contributed by atoms with van der Waals surface area (Å²) in [5, 5.41) is 2.92. The fourth-order valence-corrected chi connectivity index (χ4v) is 3.15. The number of hydrogen-bond acceptors (Lipinski definition) is 3. The molecule has 2 rings (SSSR count). The predicted molar refractivity (Wildman–Crippen MR) is 114 cm³/mol. The van der Waals surface area contributed by atoms with Gasteiger partial charge in [0, 0.05) is 0 Å². The van der Waals surface area contributed by atoms with Crippen molar-refractivity contribution in [3.63, 3.8) is 0 Å². The molecule has 0 saturated carbocycles. The van der Waals surface area contributed by atoms with Gasteiger partial charge in [-0.25, -0.2) is 0 Å². The van der Waals surface area contributed by atoms with Crippen LogP contribution in [-0.2, 0) is 10.2 Å². The number of hydrogen-bond donors (Lipinski definition) is 1. The third-order valence-electron chi connectivity index (χ3n) is 4.49. The molecule has 0 aliphatic carbocycles. The number of carbonyl (C=O) groups is 1. The highest BCUT2D eigenvalue weighted by Gasteiger charge is 2.20. The second kappa shape index (κ2) is 9.63. The first-order valence-electron chi connectivity index (χ1n) is 9.95. The summed E-state index contributed by atoms with van der Waals surface area (Å²) in [7, 11) is 0. The maximum absolute atomic E-state index is 12.5. The van der Waals surface area contributed by atoms with E-state index in [2.05, 4.69) is 38.2 Å². The van der Waals surface area contributed by atoms with Gasteiger partial charge in [-0.15, -0.1) is 0 Å². The molecule has 4 nitrogen and oxygen atoms in total. The molecule has 0 unspecified atom stereocenters. The molecule has 4 heteroatoms. The average molecular weight is 384 g/mol. The number of nitrogens with one attached hydrogen (secondary N) is 1. The first kappa shape index (κ1) is 21.8. The van der Waals surface area contributed by atoms with E-state index in [4.69, 9.17) is 9.47 Å². The standard InChI is InChI=1S/C24H33NO3/c1-7-21(28-19-15-17(2)14-18(3)16-19)23(26)25-12-13-27-22-11-9-8-10-20(22)24(4,5)6/h8-11,14-16,21H,7,12-13H2,1-6H3,(H,25,26)/t21-/m1/s1. The number of para-hydroxylation sites is 1. The van der Waals surface area contributed by atoms with E-state index >= 15 is 0 Å².